The smallest absolute Gasteiger partial charge is 0.184 e. The van der Waals surface area contributed by atoms with Crippen LogP contribution in [0.1, 0.15) is 10.4 Å². The van der Waals surface area contributed by atoms with Gasteiger partial charge in [-0.05, 0) is 7.05 Å². The lowest BCUT2D eigenvalue weighted by Gasteiger charge is -2.12. The second kappa shape index (κ2) is 5.46. The first kappa shape index (κ1) is 12.4. The molecule has 1 aromatic carbocycles. The fourth-order valence-electron chi connectivity index (χ4n) is 1.40. The summed E-state index contributed by atoms with van der Waals surface area (Å²) in [5, 5.41) is 2.73. The zero-order chi connectivity index (χ0) is 12.1. The first-order valence-corrected chi connectivity index (χ1v) is 4.73. The van der Waals surface area contributed by atoms with Crippen LogP contribution in [0, 0.1) is 5.82 Å². The van der Waals surface area contributed by atoms with E-state index in [1.165, 1.54) is 14.2 Å². The normalized spacial score (nSPS) is 10.0. The molecule has 0 aliphatic rings. The zero-order valence-electron chi connectivity index (χ0n) is 9.46. The van der Waals surface area contributed by atoms with Crippen molar-refractivity contribution >= 4 is 5.78 Å². The molecule has 1 N–H and O–H groups in total. The Morgan fingerprint density at radius 2 is 1.81 bits per heavy atom. The molecular formula is C11H14FNO3. The molecule has 0 aromatic heterocycles. The summed E-state index contributed by atoms with van der Waals surface area (Å²) in [4.78, 5) is 11.8. The molecule has 0 bridgehead atoms. The maximum Gasteiger partial charge on any atom is 0.184 e. The van der Waals surface area contributed by atoms with Gasteiger partial charge in [-0.1, -0.05) is 0 Å². The molecule has 0 saturated heterocycles. The minimum Gasteiger partial charge on any atom is -0.496 e. The van der Waals surface area contributed by atoms with Gasteiger partial charge in [-0.25, -0.2) is 4.39 Å². The van der Waals surface area contributed by atoms with Crippen LogP contribution >= 0.6 is 0 Å². The lowest BCUT2D eigenvalue weighted by Crippen LogP contribution is -2.20. The number of hydrogen-bond donors (Lipinski definition) is 1. The van der Waals surface area contributed by atoms with Gasteiger partial charge in [0.15, 0.2) is 5.78 Å². The van der Waals surface area contributed by atoms with E-state index in [2.05, 4.69) is 5.32 Å². The number of benzene rings is 1. The number of carbonyl (C=O) groups excluding carboxylic acids is 1. The molecule has 0 amide bonds. The summed E-state index contributed by atoms with van der Waals surface area (Å²) < 4.78 is 23.1. The lowest BCUT2D eigenvalue weighted by atomic mass is 10.1. The van der Waals surface area contributed by atoms with Crippen LogP contribution in [0.25, 0.3) is 0 Å². The number of halogens is 1. The van der Waals surface area contributed by atoms with Gasteiger partial charge in [0.05, 0.1) is 20.8 Å². The molecule has 0 fully saturated rings. The average Bonchev–Trinajstić information content (AvgIpc) is 2.27. The molecule has 16 heavy (non-hydrogen) atoms. The lowest BCUT2D eigenvalue weighted by molar-refractivity contribution is 0.0987. The number of Topliss-reactive ketones (excluding diaryl/α,β-unsaturated/α-hetero) is 1. The van der Waals surface area contributed by atoms with E-state index in [0.29, 0.717) is 0 Å². The van der Waals surface area contributed by atoms with Crippen molar-refractivity contribution in [1.82, 2.24) is 5.32 Å². The highest BCUT2D eigenvalue weighted by molar-refractivity contribution is 6.02. The molecule has 4 nitrogen and oxygen atoms in total. The summed E-state index contributed by atoms with van der Waals surface area (Å²) in [7, 11) is 4.41. The summed E-state index contributed by atoms with van der Waals surface area (Å²) in [5.41, 5.74) is 0.251. The summed E-state index contributed by atoms with van der Waals surface area (Å²) >= 11 is 0. The van der Waals surface area contributed by atoms with Gasteiger partial charge in [-0.3, -0.25) is 4.79 Å². The topological polar surface area (TPSA) is 47.6 Å². The molecule has 0 saturated carbocycles. The first-order valence-electron chi connectivity index (χ1n) is 4.73. The minimum absolute atomic E-state index is 0.137. The molecule has 0 aliphatic heterocycles. The predicted molar refractivity (Wildman–Crippen MR) is 57.8 cm³/mol. The quantitative estimate of drug-likeness (QED) is 0.769. The third-order valence-electron chi connectivity index (χ3n) is 2.09. The molecule has 0 unspecified atom stereocenters. The van der Waals surface area contributed by atoms with Gasteiger partial charge in [-0.15, -0.1) is 0 Å². The molecule has 0 spiro atoms. The van der Waals surface area contributed by atoms with Crippen molar-refractivity contribution in [2.75, 3.05) is 27.8 Å². The van der Waals surface area contributed by atoms with Crippen LogP contribution in [-0.2, 0) is 0 Å². The minimum atomic E-state index is -0.505. The van der Waals surface area contributed by atoms with E-state index in [4.69, 9.17) is 9.47 Å². The van der Waals surface area contributed by atoms with Crippen molar-refractivity contribution in [3.8, 4) is 11.5 Å². The molecule has 1 rings (SSSR count). The van der Waals surface area contributed by atoms with Gasteiger partial charge >= 0.3 is 0 Å². The Morgan fingerprint density at radius 1 is 1.31 bits per heavy atom. The monoisotopic (exact) mass is 227 g/mol. The van der Waals surface area contributed by atoms with Crippen molar-refractivity contribution in [3.63, 3.8) is 0 Å². The van der Waals surface area contributed by atoms with E-state index in [1.54, 1.807) is 7.05 Å². The van der Waals surface area contributed by atoms with Gasteiger partial charge in [-0.2, -0.15) is 0 Å². The number of hydrogen-bond acceptors (Lipinski definition) is 4. The third-order valence-corrected chi connectivity index (χ3v) is 2.09. The van der Waals surface area contributed by atoms with Gasteiger partial charge in [0, 0.05) is 12.1 Å². The van der Waals surface area contributed by atoms with Crippen molar-refractivity contribution in [2.24, 2.45) is 0 Å². The van der Waals surface area contributed by atoms with Crippen LogP contribution in [0.2, 0.25) is 0 Å². The van der Waals surface area contributed by atoms with Gasteiger partial charge in [0.25, 0.3) is 0 Å². The number of carbonyl (C=O) groups is 1. The molecule has 0 aliphatic carbocycles. The Kier molecular flexibility index (Phi) is 4.25. The largest absolute Gasteiger partial charge is 0.496 e. The second-order valence-corrected chi connectivity index (χ2v) is 3.14. The van der Waals surface area contributed by atoms with Gasteiger partial charge < -0.3 is 14.8 Å². The Morgan fingerprint density at radius 3 is 2.19 bits per heavy atom. The van der Waals surface area contributed by atoms with Gasteiger partial charge in [0.1, 0.15) is 22.9 Å². The average molecular weight is 227 g/mol. The maximum atomic E-state index is 13.1. The Bertz CT molecular complexity index is 368. The predicted octanol–water partition coefficient (Wildman–Crippen LogP) is 1.25. The highest BCUT2D eigenvalue weighted by atomic mass is 19.1. The summed E-state index contributed by atoms with van der Waals surface area (Å²) in [6, 6.07) is 2.32. The SMILES string of the molecule is CNCC(=O)c1c(OC)cc(F)cc1OC. The van der Waals surface area contributed by atoms with Crippen molar-refractivity contribution in [3.05, 3.63) is 23.5 Å². The van der Waals surface area contributed by atoms with E-state index in [9.17, 15) is 9.18 Å². The number of nitrogens with one attached hydrogen (secondary N) is 1. The highest BCUT2D eigenvalue weighted by Crippen LogP contribution is 2.30. The van der Waals surface area contributed by atoms with E-state index in [1.807, 2.05) is 0 Å². The number of ketones is 1. The molecule has 88 valence electrons. The highest BCUT2D eigenvalue weighted by Gasteiger charge is 2.19. The van der Waals surface area contributed by atoms with E-state index in [0.717, 1.165) is 12.1 Å². The number of ether oxygens (including phenoxy) is 2. The van der Waals surface area contributed by atoms with Crippen LogP contribution < -0.4 is 14.8 Å². The fraction of sp³-hybridized carbons (Fsp3) is 0.364. The zero-order valence-corrected chi connectivity index (χ0v) is 9.46. The number of methoxy groups -OCH3 is 2. The standard InChI is InChI=1S/C11H14FNO3/c1-13-6-8(14)11-9(15-2)4-7(12)5-10(11)16-3/h4-5,13H,6H2,1-3H3. The van der Waals surface area contributed by atoms with E-state index >= 15 is 0 Å². The molecular weight excluding hydrogens is 213 g/mol. The first-order chi connectivity index (χ1) is 7.63. The van der Waals surface area contributed by atoms with Gasteiger partial charge in [0.2, 0.25) is 0 Å². The van der Waals surface area contributed by atoms with Crippen LogP contribution in [0.3, 0.4) is 0 Å². The van der Waals surface area contributed by atoms with E-state index < -0.39 is 5.82 Å². The Labute approximate surface area is 93.4 Å². The second-order valence-electron chi connectivity index (χ2n) is 3.14. The molecule has 0 heterocycles. The summed E-state index contributed by atoms with van der Waals surface area (Å²) in [6.45, 7) is 0.137. The van der Waals surface area contributed by atoms with Crippen molar-refractivity contribution in [1.29, 1.82) is 0 Å². The Hall–Kier alpha value is -1.62. The molecule has 5 heteroatoms. The fourth-order valence-corrected chi connectivity index (χ4v) is 1.40. The van der Waals surface area contributed by atoms with Crippen LogP contribution in [0.15, 0.2) is 12.1 Å². The van der Waals surface area contributed by atoms with Crippen molar-refractivity contribution in [2.45, 2.75) is 0 Å². The van der Waals surface area contributed by atoms with Crippen LogP contribution in [0.4, 0.5) is 4.39 Å². The van der Waals surface area contributed by atoms with E-state index in [-0.39, 0.29) is 29.4 Å². The molecule has 0 atom stereocenters. The van der Waals surface area contributed by atoms with Crippen molar-refractivity contribution < 1.29 is 18.7 Å². The number of rotatable bonds is 5. The van der Waals surface area contributed by atoms with Crippen LogP contribution in [-0.4, -0.2) is 33.6 Å². The van der Waals surface area contributed by atoms with Crippen LogP contribution in [0.5, 0.6) is 11.5 Å². The third kappa shape index (κ3) is 2.49. The molecule has 0 radical (unpaired) electrons. The maximum absolute atomic E-state index is 13.1. The summed E-state index contributed by atoms with van der Waals surface area (Å²) in [5.74, 6) is -0.361. The number of likely N-dealkylation sites (N-methyl/N-ethyl adjacent to an activating group) is 1. The Balaban J connectivity index is 3.27. The molecule has 1 aromatic rings. The summed E-state index contributed by atoms with van der Waals surface area (Å²) in [6.07, 6.45) is 0.